The summed E-state index contributed by atoms with van der Waals surface area (Å²) in [4.78, 5) is 15.3. The van der Waals surface area contributed by atoms with E-state index >= 15 is 4.79 Å². The maximum Gasteiger partial charge on any atom is 0.159 e. The van der Waals surface area contributed by atoms with Crippen molar-refractivity contribution in [1.82, 2.24) is 0 Å². The Morgan fingerprint density at radius 3 is 2.40 bits per heavy atom. The maximum absolute atomic E-state index is 15.3. The van der Waals surface area contributed by atoms with E-state index in [9.17, 15) is 25.5 Å². The molecule has 1 spiro atoms. The molecule has 7 aliphatic rings. The molecule has 0 saturated heterocycles. The van der Waals surface area contributed by atoms with Crippen LogP contribution in [-0.2, 0) is 4.79 Å². The minimum Gasteiger partial charge on any atom is -0.396 e. The van der Waals surface area contributed by atoms with E-state index in [1.165, 1.54) is 5.57 Å². The number of hydrogen-bond donors (Lipinski definition) is 5. The molecule has 0 unspecified atom stereocenters. The van der Waals surface area contributed by atoms with E-state index in [2.05, 4.69) is 46.8 Å². The van der Waals surface area contributed by atoms with Gasteiger partial charge in [-0.05, 0) is 115 Å². The normalized spacial score (nSPS) is 52.4. The molecule has 7 aliphatic carbocycles. The molecule has 48 heavy (non-hydrogen) atoms. The molecule has 0 bridgehead atoms. The SMILES string of the molecule is CCCCCC[C@]12CC[C@H](O)[C@@](C)([C@H](O)CO)[C@H]1CC[C@]1(C)[C@@H]2C(=O)C=C2[C@H]3CC(C)(C)C[C@@]45CCC[C@@H]4C=C[C@](O)(C[C@]21C)[C@]35CO. The van der Waals surface area contributed by atoms with Crippen LogP contribution >= 0.6 is 0 Å². The lowest BCUT2D eigenvalue weighted by Crippen LogP contribution is -2.76. The van der Waals surface area contributed by atoms with Gasteiger partial charge in [0.2, 0.25) is 0 Å². The van der Waals surface area contributed by atoms with Crippen molar-refractivity contribution in [3.8, 4) is 0 Å². The molecule has 5 saturated carbocycles. The average Bonchev–Trinajstić information content (AvgIpc) is 3.43. The van der Waals surface area contributed by atoms with Crippen LogP contribution in [-0.4, -0.2) is 62.3 Å². The Labute approximate surface area is 289 Å². The summed E-state index contributed by atoms with van der Waals surface area (Å²) in [7, 11) is 0. The predicted molar refractivity (Wildman–Crippen MR) is 188 cm³/mol. The molecule has 13 atom stereocenters. The molecular formula is C42H66O6. The van der Waals surface area contributed by atoms with Gasteiger partial charge in [0.25, 0.3) is 0 Å². The van der Waals surface area contributed by atoms with Crippen molar-refractivity contribution in [3.05, 3.63) is 23.8 Å². The second-order valence-electron chi connectivity index (χ2n) is 19.8. The number of carbonyl (C=O) groups excluding carboxylic acids is 1. The Balaban J connectivity index is 1.43. The quantitative estimate of drug-likeness (QED) is 0.142. The third-order valence-electron chi connectivity index (χ3n) is 17.6. The lowest BCUT2D eigenvalue weighted by molar-refractivity contribution is -0.281. The van der Waals surface area contributed by atoms with Gasteiger partial charge in [-0.3, -0.25) is 4.79 Å². The van der Waals surface area contributed by atoms with Crippen molar-refractivity contribution >= 4 is 5.78 Å². The summed E-state index contributed by atoms with van der Waals surface area (Å²) in [5.41, 5.74) is -3.15. The molecule has 0 aromatic heterocycles. The highest BCUT2D eigenvalue weighted by Crippen LogP contribution is 2.82. The van der Waals surface area contributed by atoms with Gasteiger partial charge in [0.1, 0.15) is 0 Å². The highest BCUT2D eigenvalue weighted by Gasteiger charge is 2.80. The molecule has 5 fully saturated rings. The number of unbranched alkanes of at least 4 members (excludes halogenated alkanes) is 3. The summed E-state index contributed by atoms with van der Waals surface area (Å²) in [5, 5.41) is 58.3. The van der Waals surface area contributed by atoms with Crippen LogP contribution in [0.5, 0.6) is 0 Å². The Kier molecular flexibility index (Phi) is 8.27. The van der Waals surface area contributed by atoms with Crippen LogP contribution in [0.2, 0.25) is 0 Å². The molecule has 0 aromatic rings. The van der Waals surface area contributed by atoms with E-state index in [1.807, 2.05) is 13.0 Å². The number of carbonyl (C=O) groups is 1. The van der Waals surface area contributed by atoms with Crippen LogP contribution in [0, 0.1) is 61.6 Å². The summed E-state index contributed by atoms with van der Waals surface area (Å²) in [6.07, 6.45) is 18.2. The first-order valence-electron chi connectivity index (χ1n) is 19.8. The van der Waals surface area contributed by atoms with E-state index in [0.717, 1.165) is 83.5 Å². The fourth-order valence-corrected chi connectivity index (χ4v) is 15.6. The molecule has 6 heteroatoms. The first-order chi connectivity index (χ1) is 22.5. The molecule has 0 aromatic carbocycles. The van der Waals surface area contributed by atoms with Gasteiger partial charge in [-0.2, -0.15) is 0 Å². The van der Waals surface area contributed by atoms with E-state index in [4.69, 9.17) is 0 Å². The third-order valence-corrected chi connectivity index (χ3v) is 17.6. The fraction of sp³-hybridized carbons (Fsp3) is 0.881. The highest BCUT2D eigenvalue weighted by atomic mass is 16.3. The predicted octanol–water partition coefficient (Wildman–Crippen LogP) is 6.91. The zero-order valence-corrected chi connectivity index (χ0v) is 30.9. The van der Waals surface area contributed by atoms with E-state index in [1.54, 1.807) is 0 Å². The van der Waals surface area contributed by atoms with Crippen LogP contribution < -0.4 is 0 Å². The van der Waals surface area contributed by atoms with Gasteiger partial charge in [-0.25, -0.2) is 0 Å². The van der Waals surface area contributed by atoms with Gasteiger partial charge in [-0.1, -0.05) is 91.4 Å². The van der Waals surface area contributed by atoms with E-state index in [0.29, 0.717) is 18.8 Å². The molecule has 7 rings (SSSR count). The van der Waals surface area contributed by atoms with Crippen LogP contribution in [0.25, 0.3) is 0 Å². The molecular weight excluding hydrogens is 600 g/mol. The number of rotatable bonds is 8. The number of aliphatic hydroxyl groups is 5. The fourth-order valence-electron chi connectivity index (χ4n) is 15.6. The Morgan fingerprint density at radius 2 is 1.71 bits per heavy atom. The standard InChI is InChI=1S/C42H66O6/c1-7-8-9-10-16-39-19-15-32(46)38(6,33(47)23-43)31(39)14-18-36(4)34(39)30(45)21-28-29-22-35(2,3)24-40-17-11-12-27(40)13-20-41(48,25-37(28,36)5)42(29,40)26-44/h13,20-21,27,29,31-34,43-44,46-48H,7-12,14-19,22-26H2,1-6H3/t27-,29-,31-,32+,33-,34+,36-,37-,38+,39+,40+,41+,42-/m1/s1. The Hall–Kier alpha value is -1.05. The highest BCUT2D eigenvalue weighted by molar-refractivity contribution is 5.96. The Morgan fingerprint density at radius 1 is 0.958 bits per heavy atom. The van der Waals surface area contributed by atoms with Crippen LogP contribution in [0.3, 0.4) is 0 Å². The molecule has 0 aliphatic heterocycles. The van der Waals surface area contributed by atoms with Gasteiger partial charge in [0.15, 0.2) is 5.78 Å². The van der Waals surface area contributed by atoms with Crippen LogP contribution in [0.15, 0.2) is 23.8 Å². The monoisotopic (exact) mass is 666 g/mol. The molecule has 5 N–H and O–H groups in total. The van der Waals surface area contributed by atoms with Crippen molar-refractivity contribution in [2.45, 2.75) is 156 Å². The molecule has 6 nitrogen and oxygen atoms in total. The summed E-state index contributed by atoms with van der Waals surface area (Å²) < 4.78 is 0. The minimum atomic E-state index is -1.18. The molecule has 0 amide bonds. The maximum atomic E-state index is 15.3. The lowest BCUT2D eigenvalue weighted by atomic mass is 9.27. The summed E-state index contributed by atoms with van der Waals surface area (Å²) in [5.74, 6) is 0.0278. The second-order valence-corrected chi connectivity index (χ2v) is 19.8. The summed E-state index contributed by atoms with van der Waals surface area (Å²) >= 11 is 0. The number of hydrogen-bond acceptors (Lipinski definition) is 6. The van der Waals surface area contributed by atoms with Crippen molar-refractivity contribution in [1.29, 1.82) is 0 Å². The number of fused-ring (bicyclic) bond motifs is 6. The average molecular weight is 667 g/mol. The first-order valence-corrected chi connectivity index (χ1v) is 19.8. The molecule has 0 heterocycles. The minimum absolute atomic E-state index is 0.0117. The summed E-state index contributed by atoms with van der Waals surface area (Å²) in [6.45, 7) is 13.2. The van der Waals surface area contributed by atoms with Gasteiger partial charge < -0.3 is 25.5 Å². The summed E-state index contributed by atoms with van der Waals surface area (Å²) in [6, 6.07) is 0. The molecule has 270 valence electrons. The first kappa shape index (κ1) is 35.4. The zero-order chi connectivity index (χ0) is 34.8. The van der Waals surface area contributed by atoms with Gasteiger partial charge in [-0.15, -0.1) is 0 Å². The molecule has 0 radical (unpaired) electrons. The lowest BCUT2D eigenvalue weighted by Gasteiger charge is -2.77. The smallest absolute Gasteiger partial charge is 0.159 e. The van der Waals surface area contributed by atoms with Gasteiger partial charge in [0, 0.05) is 16.7 Å². The number of allylic oxidation sites excluding steroid dienone is 3. The zero-order valence-electron chi connectivity index (χ0n) is 30.9. The van der Waals surface area contributed by atoms with Crippen molar-refractivity contribution in [2.75, 3.05) is 13.2 Å². The Bertz CT molecular complexity index is 1360. The van der Waals surface area contributed by atoms with Crippen LogP contribution in [0.4, 0.5) is 0 Å². The van der Waals surface area contributed by atoms with Crippen molar-refractivity contribution in [3.63, 3.8) is 0 Å². The van der Waals surface area contributed by atoms with Crippen LogP contribution in [0.1, 0.15) is 138 Å². The van der Waals surface area contributed by atoms with Crippen molar-refractivity contribution < 1.29 is 30.3 Å². The largest absolute Gasteiger partial charge is 0.396 e. The number of ketones is 1. The third kappa shape index (κ3) is 4.08. The van der Waals surface area contributed by atoms with E-state index in [-0.39, 0.29) is 41.0 Å². The van der Waals surface area contributed by atoms with Crippen molar-refractivity contribution in [2.24, 2.45) is 61.6 Å². The topological polar surface area (TPSA) is 118 Å². The van der Waals surface area contributed by atoms with Gasteiger partial charge in [0.05, 0.1) is 31.0 Å². The second kappa shape index (κ2) is 11.2. The van der Waals surface area contributed by atoms with Gasteiger partial charge >= 0.3 is 0 Å². The van der Waals surface area contributed by atoms with E-state index < -0.39 is 51.5 Å². The number of aliphatic hydroxyl groups excluding tert-OH is 4.